The van der Waals surface area contributed by atoms with Gasteiger partial charge < -0.3 is 4.74 Å². The zero-order valence-electron chi connectivity index (χ0n) is 13.2. The number of benzene rings is 1. The van der Waals surface area contributed by atoms with E-state index in [0.717, 1.165) is 39.3 Å². The molecule has 0 radical (unpaired) electrons. The first-order chi connectivity index (χ1) is 11.6. The van der Waals surface area contributed by atoms with E-state index in [1.54, 1.807) is 23.1 Å². The van der Waals surface area contributed by atoms with Crippen LogP contribution in [0.4, 0.5) is 4.39 Å². The summed E-state index contributed by atoms with van der Waals surface area (Å²) in [6.45, 7) is 4.98. The highest BCUT2D eigenvalue weighted by Crippen LogP contribution is 2.32. The summed E-state index contributed by atoms with van der Waals surface area (Å²) in [5, 5.41) is 0. The molecule has 0 bridgehead atoms. The molecule has 128 valence electrons. The van der Waals surface area contributed by atoms with Crippen molar-refractivity contribution in [1.29, 1.82) is 0 Å². The molecule has 0 spiro atoms. The lowest BCUT2D eigenvalue weighted by molar-refractivity contribution is -0.122. The van der Waals surface area contributed by atoms with Gasteiger partial charge in [-0.1, -0.05) is 36.1 Å². The van der Waals surface area contributed by atoms with E-state index >= 15 is 0 Å². The molecule has 0 unspecified atom stereocenters. The fraction of sp³-hybridized carbons (Fsp3) is 0.412. The van der Waals surface area contributed by atoms with Crippen molar-refractivity contribution in [2.24, 2.45) is 0 Å². The molecule has 0 atom stereocenters. The number of ether oxygens (including phenoxy) is 1. The first-order valence-electron chi connectivity index (χ1n) is 7.94. The number of rotatable bonds is 5. The van der Waals surface area contributed by atoms with Crippen LogP contribution in [-0.4, -0.2) is 59.4 Å². The van der Waals surface area contributed by atoms with Gasteiger partial charge in [-0.15, -0.1) is 0 Å². The van der Waals surface area contributed by atoms with Gasteiger partial charge in [-0.25, -0.2) is 4.39 Å². The lowest BCUT2D eigenvalue weighted by Crippen LogP contribution is -2.38. The van der Waals surface area contributed by atoms with Crippen molar-refractivity contribution in [3.05, 3.63) is 40.6 Å². The van der Waals surface area contributed by atoms with Gasteiger partial charge in [-0.05, 0) is 30.2 Å². The fourth-order valence-electron chi connectivity index (χ4n) is 2.72. The average molecular weight is 366 g/mol. The van der Waals surface area contributed by atoms with E-state index in [9.17, 15) is 9.18 Å². The van der Waals surface area contributed by atoms with Crippen LogP contribution in [0, 0.1) is 5.82 Å². The van der Waals surface area contributed by atoms with Crippen LogP contribution in [0.2, 0.25) is 0 Å². The zero-order valence-corrected chi connectivity index (χ0v) is 14.9. The number of thioether (sulfide) groups is 1. The summed E-state index contributed by atoms with van der Waals surface area (Å²) >= 11 is 6.61. The molecule has 0 saturated carbocycles. The molecule has 1 aromatic rings. The van der Waals surface area contributed by atoms with E-state index in [0.29, 0.717) is 21.3 Å². The standard InChI is InChI=1S/C17H19FN2O2S2/c18-14-4-1-3-13(11-14)12-15-16(21)20(17(23)24-15)6-2-5-19-7-9-22-10-8-19/h1,3-4,11-12H,2,5-10H2. The van der Waals surface area contributed by atoms with Crippen LogP contribution in [-0.2, 0) is 9.53 Å². The number of nitrogens with zero attached hydrogens (tertiary/aromatic N) is 2. The zero-order chi connectivity index (χ0) is 16.9. The Balaban J connectivity index is 1.57. The summed E-state index contributed by atoms with van der Waals surface area (Å²) in [4.78, 5) is 17.0. The molecule has 2 aliphatic heterocycles. The smallest absolute Gasteiger partial charge is 0.266 e. The minimum Gasteiger partial charge on any atom is -0.379 e. The summed E-state index contributed by atoms with van der Waals surface area (Å²) in [6.07, 6.45) is 2.57. The minimum absolute atomic E-state index is 0.0868. The number of carbonyl (C=O) groups excluding carboxylic acids is 1. The Morgan fingerprint density at radius 3 is 2.83 bits per heavy atom. The maximum Gasteiger partial charge on any atom is 0.266 e. The van der Waals surface area contributed by atoms with Gasteiger partial charge in [0.1, 0.15) is 10.1 Å². The lowest BCUT2D eigenvalue weighted by atomic mass is 10.2. The predicted molar refractivity (Wildman–Crippen MR) is 98.2 cm³/mol. The molecule has 7 heteroatoms. The fourth-order valence-corrected chi connectivity index (χ4v) is 4.03. The number of thiocarbonyl (C=S) groups is 1. The highest BCUT2D eigenvalue weighted by atomic mass is 32.2. The number of amides is 1. The van der Waals surface area contributed by atoms with Crippen molar-refractivity contribution >= 4 is 40.3 Å². The van der Waals surface area contributed by atoms with Crippen molar-refractivity contribution in [3.8, 4) is 0 Å². The van der Waals surface area contributed by atoms with Crippen molar-refractivity contribution in [2.45, 2.75) is 6.42 Å². The van der Waals surface area contributed by atoms with Gasteiger partial charge >= 0.3 is 0 Å². The summed E-state index contributed by atoms with van der Waals surface area (Å²) in [7, 11) is 0. The van der Waals surface area contributed by atoms with Gasteiger partial charge in [0.2, 0.25) is 0 Å². The summed E-state index contributed by atoms with van der Waals surface area (Å²) in [5.74, 6) is -0.402. The third-order valence-electron chi connectivity index (χ3n) is 3.98. The Morgan fingerprint density at radius 2 is 2.08 bits per heavy atom. The van der Waals surface area contributed by atoms with E-state index in [-0.39, 0.29) is 11.7 Å². The molecule has 2 heterocycles. The molecule has 0 N–H and O–H groups in total. The van der Waals surface area contributed by atoms with Gasteiger partial charge in [-0.2, -0.15) is 0 Å². The molecule has 3 rings (SSSR count). The topological polar surface area (TPSA) is 32.8 Å². The average Bonchev–Trinajstić information content (AvgIpc) is 2.83. The maximum absolute atomic E-state index is 13.3. The molecule has 24 heavy (non-hydrogen) atoms. The molecule has 0 aliphatic carbocycles. The summed E-state index contributed by atoms with van der Waals surface area (Å²) < 4.78 is 19.2. The largest absolute Gasteiger partial charge is 0.379 e. The lowest BCUT2D eigenvalue weighted by Gasteiger charge is -2.27. The van der Waals surface area contributed by atoms with E-state index in [1.807, 2.05) is 0 Å². The first-order valence-corrected chi connectivity index (χ1v) is 9.17. The van der Waals surface area contributed by atoms with Gasteiger partial charge in [0.25, 0.3) is 5.91 Å². The van der Waals surface area contributed by atoms with Gasteiger partial charge in [0.15, 0.2) is 0 Å². The molecular formula is C17H19FN2O2S2. The first kappa shape index (κ1) is 17.5. The van der Waals surface area contributed by atoms with Crippen molar-refractivity contribution in [3.63, 3.8) is 0 Å². The molecular weight excluding hydrogens is 347 g/mol. The molecule has 2 saturated heterocycles. The monoisotopic (exact) mass is 366 g/mol. The normalized spacial score (nSPS) is 21.0. The molecule has 1 aromatic carbocycles. The van der Waals surface area contributed by atoms with Crippen LogP contribution < -0.4 is 0 Å². The Hall–Kier alpha value is -1.28. The maximum atomic E-state index is 13.3. The Bertz CT molecular complexity index is 660. The third-order valence-corrected chi connectivity index (χ3v) is 5.36. The van der Waals surface area contributed by atoms with Gasteiger partial charge in [0, 0.05) is 26.2 Å². The predicted octanol–water partition coefficient (Wildman–Crippen LogP) is 2.75. The van der Waals surface area contributed by atoms with Crippen molar-refractivity contribution in [2.75, 3.05) is 39.4 Å². The summed E-state index contributed by atoms with van der Waals surface area (Å²) in [6, 6.07) is 6.19. The van der Waals surface area contributed by atoms with Gasteiger partial charge in [-0.3, -0.25) is 14.6 Å². The summed E-state index contributed by atoms with van der Waals surface area (Å²) in [5.41, 5.74) is 0.670. The molecule has 1 amide bonds. The number of hydrogen-bond donors (Lipinski definition) is 0. The van der Waals surface area contributed by atoms with Crippen LogP contribution in [0.25, 0.3) is 6.08 Å². The van der Waals surface area contributed by atoms with Crippen molar-refractivity contribution in [1.82, 2.24) is 9.80 Å². The second kappa shape index (κ2) is 8.20. The minimum atomic E-state index is -0.315. The molecule has 0 aromatic heterocycles. The van der Waals surface area contributed by atoms with Crippen LogP contribution in [0.3, 0.4) is 0 Å². The molecule has 4 nitrogen and oxygen atoms in total. The number of morpholine rings is 1. The van der Waals surface area contributed by atoms with Crippen LogP contribution in [0.1, 0.15) is 12.0 Å². The van der Waals surface area contributed by atoms with Crippen LogP contribution >= 0.6 is 24.0 Å². The highest BCUT2D eigenvalue weighted by Gasteiger charge is 2.31. The Labute approximate surface area is 150 Å². The second-order valence-corrected chi connectivity index (χ2v) is 7.37. The van der Waals surface area contributed by atoms with Crippen molar-refractivity contribution < 1.29 is 13.9 Å². The Kier molecular flexibility index (Phi) is 5.99. The Morgan fingerprint density at radius 1 is 1.29 bits per heavy atom. The SMILES string of the molecule is O=C1C(=Cc2cccc(F)c2)SC(=S)N1CCCN1CCOCC1. The second-order valence-electron chi connectivity index (χ2n) is 5.70. The van der Waals surface area contributed by atoms with E-state index in [2.05, 4.69) is 4.90 Å². The quantitative estimate of drug-likeness (QED) is 0.591. The molecule has 2 aliphatic rings. The van der Waals surface area contributed by atoms with E-state index < -0.39 is 0 Å². The number of halogens is 1. The molecule has 2 fully saturated rings. The van der Waals surface area contributed by atoms with E-state index in [4.69, 9.17) is 17.0 Å². The number of hydrogen-bond acceptors (Lipinski definition) is 5. The third kappa shape index (κ3) is 4.42. The van der Waals surface area contributed by atoms with Gasteiger partial charge in [0.05, 0.1) is 18.1 Å². The van der Waals surface area contributed by atoms with E-state index in [1.165, 1.54) is 23.9 Å². The number of carbonyl (C=O) groups is 1. The van der Waals surface area contributed by atoms with Crippen LogP contribution in [0.5, 0.6) is 0 Å². The highest BCUT2D eigenvalue weighted by molar-refractivity contribution is 8.26. The van der Waals surface area contributed by atoms with Crippen LogP contribution in [0.15, 0.2) is 29.2 Å².